The van der Waals surface area contributed by atoms with E-state index in [1.165, 1.54) is 12.1 Å². The molecule has 5 nitrogen and oxygen atoms in total. The standard InChI is InChI=1S/C13H20N2O3/c1-4-6-18-13-8-11(14-10(3)5-2)7-12(9-13)15(16)17/h7-10,14H,4-6H2,1-3H3. The Morgan fingerprint density at radius 2 is 2.11 bits per heavy atom. The van der Waals surface area contributed by atoms with Crippen molar-refractivity contribution in [1.82, 2.24) is 0 Å². The van der Waals surface area contributed by atoms with Crippen LogP contribution >= 0.6 is 0 Å². The summed E-state index contributed by atoms with van der Waals surface area (Å²) in [7, 11) is 0. The van der Waals surface area contributed by atoms with Crippen molar-refractivity contribution in [1.29, 1.82) is 0 Å². The number of hydrogen-bond acceptors (Lipinski definition) is 4. The second-order valence-electron chi connectivity index (χ2n) is 4.27. The molecule has 0 aromatic heterocycles. The Kier molecular flexibility index (Phi) is 5.42. The molecule has 0 fully saturated rings. The lowest BCUT2D eigenvalue weighted by Crippen LogP contribution is -2.13. The minimum Gasteiger partial charge on any atom is -0.493 e. The Morgan fingerprint density at radius 3 is 2.67 bits per heavy atom. The highest BCUT2D eigenvalue weighted by Gasteiger charge is 2.11. The van der Waals surface area contributed by atoms with Crippen molar-refractivity contribution in [3.8, 4) is 5.75 Å². The van der Waals surface area contributed by atoms with Gasteiger partial charge in [0.2, 0.25) is 0 Å². The normalized spacial score (nSPS) is 11.9. The maximum Gasteiger partial charge on any atom is 0.275 e. The average Bonchev–Trinajstić information content (AvgIpc) is 2.35. The Labute approximate surface area is 107 Å². The third-order valence-electron chi connectivity index (χ3n) is 2.60. The fourth-order valence-corrected chi connectivity index (χ4v) is 1.46. The molecule has 18 heavy (non-hydrogen) atoms. The number of benzene rings is 1. The number of nitro benzene ring substituents is 1. The lowest BCUT2D eigenvalue weighted by Gasteiger charge is -2.14. The Hall–Kier alpha value is -1.78. The van der Waals surface area contributed by atoms with Crippen LogP contribution in [0.5, 0.6) is 5.75 Å². The summed E-state index contributed by atoms with van der Waals surface area (Å²) < 4.78 is 5.46. The molecule has 5 heteroatoms. The van der Waals surface area contributed by atoms with Gasteiger partial charge in [-0.25, -0.2) is 0 Å². The molecule has 0 spiro atoms. The highest BCUT2D eigenvalue weighted by Crippen LogP contribution is 2.26. The lowest BCUT2D eigenvalue weighted by atomic mass is 10.2. The number of rotatable bonds is 7. The van der Waals surface area contributed by atoms with Crippen molar-refractivity contribution >= 4 is 11.4 Å². The topological polar surface area (TPSA) is 64.4 Å². The highest BCUT2D eigenvalue weighted by atomic mass is 16.6. The van der Waals surface area contributed by atoms with Crippen LogP contribution in [0.3, 0.4) is 0 Å². The van der Waals surface area contributed by atoms with Crippen LogP contribution in [0, 0.1) is 10.1 Å². The van der Waals surface area contributed by atoms with Gasteiger partial charge in [0.25, 0.3) is 5.69 Å². The number of anilines is 1. The van der Waals surface area contributed by atoms with Crippen LogP contribution < -0.4 is 10.1 Å². The van der Waals surface area contributed by atoms with E-state index in [9.17, 15) is 10.1 Å². The molecule has 1 rings (SSSR count). The molecule has 1 atom stereocenters. The first-order valence-electron chi connectivity index (χ1n) is 6.25. The fraction of sp³-hybridized carbons (Fsp3) is 0.538. The third-order valence-corrected chi connectivity index (χ3v) is 2.60. The van der Waals surface area contributed by atoms with E-state index in [-0.39, 0.29) is 11.7 Å². The minimum absolute atomic E-state index is 0.0504. The van der Waals surface area contributed by atoms with Crippen LogP contribution in [0.1, 0.15) is 33.6 Å². The van der Waals surface area contributed by atoms with Crippen molar-refractivity contribution in [3.63, 3.8) is 0 Å². The van der Waals surface area contributed by atoms with Gasteiger partial charge in [0, 0.05) is 23.9 Å². The van der Waals surface area contributed by atoms with E-state index >= 15 is 0 Å². The first kappa shape index (κ1) is 14.3. The molecule has 0 heterocycles. The molecule has 1 aromatic carbocycles. The average molecular weight is 252 g/mol. The maximum absolute atomic E-state index is 10.9. The molecule has 0 radical (unpaired) electrons. The summed E-state index contributed by atoms with van der Waals surface area (Å²) in [4.78, 5) is 10.5. The Bertz CT molecular complexity index is 407. The molecule has 0 saturated carbocycles. The summed E-state index contributed by atoms with van der Waals surface area (Å²) in [5.74, 6) is 0.539. The Morgan fingerprint density at radius 1 is 1.39 bits per heavy atom. The molecule has 1 aromatic rings. The number of nitro groups is 1. The van der Waals surface area contributed by atoms with Crippen LogP contribution in [0.2, 0.25) is 0 Å². The van der Waals surface area contributed by atoms with Crippen LogP contribution in [0.4, 0.5) is 11.4 Å². The minimum atomic E-state index is -0.402. The van der Waals surface area contributed by atoms with E-state index in [0.717, 1.165) is 18.5 Å². The summed E-state index contributed by atoms with van der Waals surface area (Å²) in [6.45, 7) is 6.65. The number of nitrogens with zero attached hydrogens (tertiary/aromatic N) is 1. The van der Waals surface area contributed by atoms with Crippen LogP contribution in [-0.4, -0.2) is 17.6 Å². The van der Waals surface area contributed by atoms with E-state index in [1.807, 2.05) is 13.8 Å². The molecule has 1 unspecified atom stereocenters. The summed E-state index contributed by atoms with van der Waals surface area (Å²) >= 11 is 0. The SMILES string of the molecule is CCCOc1cc(NC(C)CC)cc([N+](=O)[O-])c1. The largest absolute Gasteiger partial charge is 0.493 e. The van der Waals surface area contributed by atoms with Crippen molar-refractivity contribution in [2.45, 2.75) is 39.7 Å². The smallest absolute Gasteiger partial charge is 0.275 e. The van der Waals surface area contributed by atoms with Gasteiger partial charge in [-0.2, -0.15) is 0 Å². The molecule has 0 amide bonds. The van der Waals surface area contributed by atoms with Gasteiger partial charge in [0.1, 0.15) is 5.75 Å². The molecule has 0 aliphatic heterocycles. The number of non-ortho nitro benzene ring substituents is 1. The molecule has 0 saturated heterocycles. The van der Waals surface area contributed by atoms with Gasteiger partial charge in [-0.15, -0.1) is 0 Å². The molecular weight excluding hydrogens is 232 g/mol. The fourth-order valence-electron chi connectivity index (χ4n) is 1.46. The van der Waals surface area contributed by atoms with Crippen molar-refractivity contribution in [2.75, 3.05) is 11.9 Å². The van der Waals surface area contributed by atoms with E-state index < -0.39 is 4.92 Å². The van der Waals surface area contributed by atoms with Gasteiger partial charge in [-0.1, -0.05) is 13.8 Å². The third kappa shape index (κ3) is 4.24. The molecular formula is C13H20N2O3. The first-order chi connectivity index (χ1) is 8.56. The summed E-state index contributed by atoms with van der Waals surface area (Å²) in [5.41, 5.74) is 0.777. The van der Waals surface area contributed by atoms with E-state index in [4.69, 9.17) is 4.74 Å². The summed E-state index contributed by atoms with van der Waals surface area (Å²) in [6, 6.07) is 5.06. The number of hydrogen-bond donors (Lipinski definition) is 1. The second kappa shape index (κ2) is 6.83. The zero-order valence-corrected chi connectivity index (χ0v) is 11.1. The van der Waals surface area contributed by atoms with Gasteiger partial charge in [-0.3, -0.25) is 10.1 Å². The number of ether oxygens (including phenoxy) is 1. The van der Waals surface area contributed by atoms with Crippen molar-refractivity contribution < 1.29 is 9.66 Å². The van der Waals surface area contributed by atoms with E-state index in [2.05, 4.69) is 12.2 Å². The molecule has 0 aliphatic carbocycles. The zero-order valence-electron chi connectivity index (χ0n) is 11.1. The van der Waals surface area contributed by atoms with Crippen LogP contribution in [-0.2, 0) is 0 Å². The van der Waals surface area contributed by atoms with E-state index in [0.29, 0.717) is 12.4 Å². The van der Waals surface area contributed by atoms with Gasteiger partial charge in [0.15, 0.2) is 0 Å². The van der Waals surface area contributed by atoms with Crippen molar-refractivity contribution in [3.05, 3.63) is 28.3 Å². The summed E-state index contributed by atoms with van der Waals surface area (Å²) in [6.07, 6.45) is 1.82. The van der Waals surface area contributed by atoms with E-state index in [1.54, 1.807) is 6.07 Å². The monoisotopic (exact) mass is 252 g/mol. The molecule has 0 bridgehead atoms. The second-order valence-corrected chi connectivity index (χ2v) is 4.27. The predicted octanol–water partition coefficient (Wildman–Crippen LogP) is 3.59. The lowest BCUT2D eigenvalue weighted by molar-refractivity contribution is -0.384. The quantitative estimate of drug-likeness (QED) is 0.595. The number of nitrogens with one attached hydrogen (secondary N) is 1. The molecule has 0 aliphatic rings. The van der Waals surface area contributed by atoms with Crippen molar-refractivity contribution in [2.24, 2.45) is 0 Å². The predicted molar refractivity (Wildman–Crippen MR) is 72.3 cm³/mol. The van der Waals surface area contributed by atoms with Gasteiger partial charge < -0.3 is 10.1 Å². The Balaban J connectivity index is 2.94. The van der Waals surface area contributed by atoms with Gasteiger partial charge in [-0.05, 0) is 19.8 Å². The molecule has 1 N–H and O–H groups in total. The zero-order chi connectivity index (χ0) is 13.5. The molecule has 100 valence electrons. The van der Waals surface area contributed by atoms with Gasteiger partial charge in [0.05, 0.1) is 17.6 Å². The van der Waals surface area contributed by atoms with Crippen LogP contribution in [0.25, 0.3) is 0 Å². The summed E-state index contributed by atoms with van der Waals surface area (Å²) in [5, 5.41) is 14.1. The first-order valence-corrected chi connectivity index (χ1v) is 6.25. The van der Waals surface area contributed by atoms with Crippen LogP contribution in [0.15, 0.2) is 18.2 Å². The highest BCUT2D eigenvalue weighted by molar-refractivity contribution is 5.56. The maximum atomic E-state index is 10.9. The van der Waals surface area contributed by atoms with Gasteiger partial charge >= 0.3 is 0 Å².